The van der Waals surface area contributed by atoms with Gasteiger partial charge >= 0.3 is 0 Å². The highest BCUT2D eigenvalue weighted by atomic mass is 79.9. The van der Waals surface area contributed by atoms with Gasteiger partial charge in [0.1, 0.15) is 0 Å². The number of hydrogen-bond acceptors (Lipinski definition) is 0. The van der Waals surface area contributed by atoms with Gasteiger partial charge in [0.2, 0.25) is 0 Å². The maximum Gasteiger partial charge on any atom is 0.0488 e. The molecule has 0 amide bonds. The average molecular weight is 264 g/mol. The largest absolute Gasteiger partial charge is 0.0830 e. The topological polar surface area (TPSA) is 0 Å². The summed E-state index contributed by atoms with van der Waals surface area (Å²) < 4.78 is 0. The molecule has 0 aliphatic heterocycles. The lowest BCUT2D eigenvalue weighted by Crippen LogP contribution is -2.07. The van der Waals surface area contributed by atoms with Crippen molar-refractivity contribution in [1.82, 2.24) is 0 Å². The van der Waals surface area contributed by atoms with E-state index in [9.17, 15) is 0 Å². The van der Waals surface area contributed by atoms with Crippen LogP contribution < -0.4 is 0 Å². The molecule has 0 fully saturated rings. The first kappa shape index (κ1) is 8.28. The maximum atomic E-state index is 3.52. The molecular formula is C8H8Br2. The normalized spacial score (nSPS) is 38.2. The van der Waals surface area contributed by atoms with Crippen molar-refractivity contribution in [3.63, 3.8) is 0 Å². The second-order valence-corrected chi connectivity index (χ2v) is 4.16. The summed E-state index contributed by atoms with van der Waals surface area (Å²) in [6, 6.07) is 0. The molecule has 2 heteroatoms. The molecule has 1 aliphatic carbocycles. The van der Waals surface area contributed by atoms with Gasteiger partial charge in [-0.05, 0) is 0 Å². The maximum absolute atomic E-state index is 3.52. The second-order valence-electron chi connectivity index (χ2n) is 2.04. The Balaban J connectivity index is 2.71. The third-order valence-corrected chi connectivity index (χ3v) is 3.69. The number of allylic oxidation sites excluding steroid dienone is 6. The first-order chi connectivity index (χ1) is 4.80. The van der Waals surface area contributed by atoms with Crippen LogP contribution in [0, 0.1) is 0 Å². The van der Waals surface area contributed by atoms with Crippen molar-refractivity contribution in [1.29, 1.82) is 0 Å². The van der Waals surface area contributed by atoms with Gasteiger partial charge in [-0.2, -0.15) is 0 Å². The zero-order valence-corrected chi connectivity index (χ0v) is 8.55. The van der Waals surface area contributed by atoms with Crippen LogP contribution in [0.25, 0.3) is 0 Å². The molecule has 0 saturated heterocycles. The Hall–Kier alpha value is 0.180. The van der Waals surface area contributed by atoms with Crippen LogP contribution in [0.4, 0.5) is 0 Å². The van der Waals surface area contributed by atoms with Crippen LogP contribution in [0.15, 0.2) is 36.5 Å². The molecule has 0 saturated carbocycles. The molecular weight excluding hydrogens is 256 g/mol. The van der Waals surface area contributed by atoms with Crippen LogP contribution in [0.5, 0.6) is 0 Å². The van der Waals surface area contributed by atoms with Crippen molar-refractivity contribution in [2.45, 2.75) is 9.65 Å². The van der Waals surface area contributed by atoms with Crippen molar-refractivity contribution >= 4 is 31.9 Å². The molecule has 0 bridgehead atoms. The lowest BCUT2D eigenvalue weighted by molar-refractivity contribution is 1.13. The van der Waals surface area contributed by atoms with E-state index in [0.29, 0.717) is 9.65 Å². The van der Waals surface area contributed by atoms with Gasteiger partial charge in [0.25, 0.3) is 0 Å². The highest BCUT2D eigenvalue weighted by molar-refractivity contribution is 9.12. The Morgan fingerprint density at radius 1 is 0.700 bits per heavy atom. The zero-order valence-electron chi connectivity index (χ0n) is 5.37. The molecule has 0 aromatic rings. The SMILES string of the molecule is Br[C@H]1C=C/C=C\C=C/[C@@H]1Br. The predicted octanol–water partition coefficient (Wildman–Crippen LogP) is 3.20. The summed E-state index contributed by atoms with van der Waals surface area (Å²) in [5.74, 6) is 0. The van der Waals surface area contributed by atoms with Gasteiger partial charge in [0.05, 0.1) is 0 Å². The van der Waals surface area contributed by atoms with E-state index in [2.05, 4.69) is 44.0 Å². The van der Waals surface area contributed by atoms with E-state index in [0.717, 1.165) is 0 Å². The van der Waals surface area contributed by atoms with Gasteiger partial charge in [0, 0.05) is 9.65 Å². The van der Waals surface area contributed by atoms with E-state index in [-0.39, 0.29) is 0 Å². The summed E-state index contributed by atoms with van der Waals surface area (Å²) in [6.45, 7) is 0. The molecule has 1 rings (SSSR count). The van der Waals surface area contributed by atoms with Crippen molar-refractivity contribution in [3.8, 4) is 0 Å². The van der Waals surface area contributed by atoms with Gasteiger partial charge in [-0.15, -0.1) is 0 Å². The minimum atomic E-state index is 0.397. The fourth-order valence-corrected chi connectivity index (χ4v) is 1.39. The lowest BCUT2D eigenvalue weighted by atomic mass is 10.2. The Bertz CT molecular complexity index is 160. The summed E-state index contributed by atoms with van der Waals surface area (Å²) in [5.41, 5.74) is 0. The number of alkyl halides is 2. The number of hydrogen-bond donors (Lipinski definition) is 0. The van der Waals surface area contributed by atoms with E-state index < -0.39 is 0 Å². The van der Waals surface area contributed by atoms with E-state index in [1.807, 2.05) is 24.3 Å². The van der Waals surface area contributed by atoms with Crippen LogP contribution >= 0.6 is 31.9 Å². The van der Waals surface area contributed by atoms with Crippen LogP contribution in [-0.4, -0.2) is 9.65 Å². The molecule has 0 heterocycles. The highest BCUT2D eigenvalue weighted by Gasteiger charge is 2.08. The van der Waals surface area contributed by atoms with Gasteiger partial charge in [-0.3, -0.25) is 0 Å². The summed E-state index contributed by atoms with van der Waals surface area (Å²) in [4.78, 5) is 0.794. The molecule has 0 aromatic heterocycles. The van der Waals surface area contributed by atoms with Crippen LogP contribution in [-0.2, 0) is 0 Å². The van der Waals surface area contributed by atoms with E-state index in [1.54, 1.807) is 0 Å². The molecule has 2 atom stereocenters. The minimum Gasteiger partial charge on any atom is -0.0830 e. The summed E-state index contributed by atoms with van der Waals surface area (Å²) in [6.07, 6.45) is 12.3. The highest BCUT2D eigenvalue weighted by Crippen LogP contribution is 2.17. The molecule has 0 unspecified atom stereocenters. The minimum absolute atomic E-state index is 0.397. The lowest BCUT2D eigenvalue weighted by Gasteiger charge is -2.07. The average Bonchev–Trinajstić information content (AvgIpc) is 1.92. The quantitative estimate of drug-likeness (QED) is 0.589. The van der Waals surface area contributed by atoms with Gasteiger partial charge < -0.3 is 0 Å². The first-order valence-corrected chi connectivity index (χ1v) is 4.93. The molecule has 10 heavy (non-hydrogen) atoms. The standard InChI is InChI=1S/C8H8Br2/c9-7-5-3-1-2-4-6-8(7)10/h1-8H/b2-1-,5-3-,6-4?/t7-,8-/m0/s1. The number of halogens is 2. The van der Waals surface area contributed by atoms with Gasteiger partial charge in [-0.25, -0.2) is 0 Å². The summed E-state index contributed by atoms with van der Waals surface area (Å²) in [5, 5.41) is 0. The van der Waals surface area contributed by atoms with Crippen LogP contribution in [0.3, 0.4) is 0 Å². The molecule has 54 valence electrons. The van der Waals surface area contributed by atoms with Gasteiger partial charge in [-0.1, -0.05) is 68.3 Å². The fourth-order valence-electron chi connectivity index (χ4n) is 0.681. The molecule has 0 radical (unpaired) electrons. The number of rotatable bonds is 0. The third kappa shape index (κ3) is 2.43. The van der Waals surface area contributed by atoms with E-state index >= 15 is 0 Å². The molecule has 1 aliphatic rings. The Labute approximate surface area is 78.0 Å². The van der Waals surface area contributed by atoms with E-state index in [1.165, 1.54) is 0 Å². The summed E-state index contributed by atoms with van der Waals surface area (Å²) in [7, 11) is 0. The van der Waals surface area contributed by atoms with Crippen LogP contribution in [0.2, 0.25) is 0 Å². The molecule has 0 N–H and O–H groups in total. The Morgan fingerprint density at radius 3 is 1.50 bits per heavy atom. The third-order valence-electron chi connectivity index (χ3n) is 1.23. The summed E-state index contributed by atoms with van der Waals surface area (Å²) >= 11 is 7.04. The van der Waals surface area contributed by atoms with Crippen molar-refractivity contribution in [2.24, 2.45) is 0 Å². The Morgan fingerprint density at radius 2 is 1.10 bits per heavy atom. The first-order valence-electron chi connectivity index (χ1n) is 3.10. The second kappa shape index (κ2) is 4.14. The zero-order chi connectivity index (χ0) is 7.40. The van der Waals surface area contributed by atoms with Crippen molar-refractivity contribution in [3.05, 3.63) is 36.5 Å². The molecule has 0 spiro atoms. The Kier molecular flexibility index (Phi) is 3.43. The van der Waals surface area contributed by atoms with Crippen LogP contribution in [0.1, 0.15) is 0 Å². The monoisotopic (exact) mass is 262 g/mol. The predicted molar refractivity (Wildman–Crippen MR) is 52.9 cm³/mol. The van der Waals surface area contributed by atoms with Gasteiger partial charge in [0.15, 0.2) is 0 Å². The van der Waals surface area contributed by atoms with E-state index in [4.69, 9.17) is 0 Å². The molecule has 0 aromatic carbocycles. The molecule has 0 nitrogen and oxygen atoms in total. The van der Waals surface area contributed by atoms with Crippen molar-refractivity contribution < 1.29 is 0 Å². The fraction of sp³-hybridized carbons (Fsp3) is 0.250. The van der Waals surface area contributed by atoms with Crippen molar-refractivity contribution in [2.75, 3.05) is 0 Å². The smallest absolute Gasteiger partial charge is 0.0488 e.